The highest BCUT2D eigenvalue weighted by Gasteiger charge is 2.15. The van der Waals surface area contributed by atoms with Crippen molar-refractivity contribution in [1.29, 1.82) is 0 Å². The van der Waals surface area contributed by atoms with Gasteiger partial charge in [0.15, 0.2) is 17.4 Å². The van der Waals surface area contributed by atoms with E-state index in [4.69, 9.17) is 14.9 Å². The molecule has 0 amide bonds. The molecule has 0 fully saturated rings. The van der Waals surface area contributed by atoms with Gasteiger partial charge in [0.25, 0.3) is 0 Å². The van der Waals surface area contributed by atoms with Gasteiger partial charge < -0.3 is 14.9 Å². The summed E-state index contributed by atoms with van der Waals surface area (Å²) >= 11 is 0. The molecule has 102 valence electrons. The molecule has 0 saturated carbocycles. The molecule has 2 N–H and O–H groups in total. The molecular formula is C13H18F2O3. The number of ether oxygens (including phenoxy) is 1. The number of aryl methyl sites for hydroxylation is 1. The number of aliphatic hydroxyl groups excluding tert-OH is 2. The third-order valence-electron chi connectivity index (χ3n) is 2.58. The van der Waals surface area contributed by atoms with Gasteiger partial charge in [0, 0.05) is 5.92 Å². The molecular weight excluding hydrogens is 242 g/mol. The number of halogens is 2. The first-order chi connectivity index (χ1) is 8.62. The monoisotopic (exact) mass is 260 g/mol. The van der Waals surface area contributed by atoms with Gasteiger partial charge in [0.2, 0.25) is 0 Å². The quantitative estimate of drug-likeness (QED) is 0.787. The van der Waals surface area contributed by atoms with Crippen molar-refractivity contribution in [2.24, 2.45) is 5.92 Å². The van der Waals surface area contributed by atoms with Crippen LogP contribution in [0.5, 0.6) is 5.75 Å². The van der Waals surface area contributed by atoms with Gasteiger partial charge in [-0.2, -0.15) is 0 Å². The third-order valence-corrected chi connectivity index (χ3v) is 2.58. The Hall–Kier alpha value is -1.20. The lowest BCUT2D eigenvalue weighted by Crippen LogP contribution is -2.20. The van der Waals surface area contributed by atoms with E-state index >= 15 is 0 Å². The van der Waals surface area contributed by atoms with Gasteiger partial charge in [0.1, 0.15) is 0 Å². The van der Waals surface area contributed by atoms with Gasteiger partial charge in [-0.05, 0) is 24.1 Å². The molecule has 0 aromatic heterocycles. The zero-order chi connectivity index (χ0) is 13.5. The fraction of sp³-hybridized carbons (Fsp3) is 0.538. The summed E-state index contributed by atoms with van der Waals surface area (Å²) in [6.45, 7) is 1.20. The van der Waals surface area contributed by atoms with Crippen LogP contribution in [-0.2, 0) is 6.42 Å². The van der Waals surface area contributed by atoms with Crippen LogP contribution in [0.1, 0.15) is 18.9 Å². The van der Waals surface area contributed by atoms with Crippen LogP contribution in [-0.4, -0.2) is 30.0 Å². The molecule has 0 aliphatic rings. The molecule has 0 atom stereocenters. The van der Waals surface area contributed by atoms with Gasteiger partial charge >= 0.3 is 0 Å². The molecule has 0 radical (unpaired) electrons. The van der Waals surface area contributed by atoms with E-state index in [0.29, 0.717) is 12.0 Å². The molecule has 0 spiro atoms. The van der Waals surface area contributed by atoms with Crippen molar-refractivity contribution >= 4 is 0 Å². The fourth-order valence-electron chi connectivity index (χ4n) is 1.55. The highest BCUT2D eigenvalue weighted by molar-refractivity contribution is 5.31. The fourth-order valence-corrected chi connectivity index (χ4v) is 1.55. The normalized spacial score (nSPS) is 11.0. The summed E-state index contributed by atoms with van der Waals surface area (Å²) < 4.78 is 32.2. The van der Waals surface area contributed by atoms with E-state index in [-0.39, 0.29) is 19.8 Å². The standard InChI is InChI=1S/C13H18F2O3/c1-2-3-9-4-11(14)13(12(15)5-9)18-8-10(6-16)7-17/h4-5,10,16-17H,2-3,6-8H2,1H3. The lowest BCUT2D eigenvalue weighted by atomic mass is 10.1. The molecule has 1 aromatic carbocycles. The maximum Gasteiger partial charge on any atom is 0.190 e. The summed E-state index contributed by atoms with van der Waals surface area (Å²) in [5, 5.41) is 17.7. The molecule has 1 aromatic rings. The summed E-state index contributed by atoms with van der Waals surface area (Å²) in [5.74, 6) is -2.51. The molecule has 0 aliphatic carbocycles. The number of aliphatic hydroxyl groups is 2. The van der Waals surface area contributed by atoms with Crippen molar-refractivity contribution in [3.05, 3.63) is 29.3 Å². The lowest BCUT2D eigenvalue weighted by Gasteiger charge is -2.14. The van der Waals surface area contributed by atoms with Crippen molar-refractivity contribution < 1.29 is 23.7 Å². The van der Waals surface area contributed by atoms with Crippen LogP contribution in [0.15, 0.2) is 12.1 Å². The molecule has 1 rings (SSSR count). The van der Waals surface area contributed by atoms with Crippen LogP contribution < -0.4 is 4.74 Å². The lowest BCUT2D eigenvalue weighted by molar-refractivity contribution is 0.102. The number of rotatable bonds is 7. The van der Waals surface area contributed by atoms with Gasteiger partial charge in [-0.3, -0.25) is 0 Å². The molecule has 0 aliphatic heterocycles. The summed E-state index contributed by atoms with van der Waals surface area (Å²) in [4.78, 5) is 0. The van der Waals surface area contributed by atoms with E-state index in [9.17, 15) is 8.78 Å². The van der Waals surface area contributed by atoms with E-state index in [1.807, 2.05) is 6.92 Å². The van der Waals surface area contributed by atoms with Crippen LogP contribution in [0.3, 0.4) is 0 Å². The molecule has 18 heavy (non-hydrogen) atoms. The first-order valence-corrected chi connectivity index (χ1v) is 5.94. The minimum atomic E-state index is -0.756. The Labute approximate surface area is 105 Å². The Morgan fingerprint density at radius 3 is 2.17 bits per heavy atom. The summed E-state index contributed by atoms with van der Waals surface area (Å²) in [6, 6.07) is 2.49. The number of hydrogen-bond donors (Lipinski definition) is 2. The summed E-state index contributed by atoms with van der Waals surface area (Å²) in [5.41, 5.74) is 0.584. The first kappa shape index (κ1) is 14.9. The third kappa shape index (κ3) is 3.92. The van der Waals surface area contributed by atoms with Crippen LogP contribution in [0.2, 0.25) is 0 Å². The van der Waals surface area contributed by atoms with Crippen molar-refractivity contribution in [3.8, 4) is 5.75 Å². The minimum absolute atomic E-state index is 0.131. The molecule has 0 unspecified atom stereocenters. The van der Waals surface area contributed by atoms with E-state index in [0.717, 1.165) is 6.42 Å². The van der Waals surface area contributed by atoms with Crippen LogP contribution in [0.4, 0.5) is 8.78 Å². The second kappa shape index (κ2) is 7.28. The summed E-state index contributed by atoms with van der Waals surface area (Å²) in [7, 11) is 0. The average molecular weight is 260 g/mol. The predicted octanol–water partition coefficient (Wildman–Crippen LogP) is 1.90. The van der Waals surface area contributed by atoms with E-state index in [1.54, 1.807) is 0 Å². The van der Waals surface area contributed by atoms with Crippen molar-refractivity contribution in [2.45, 2.75) is 19.8 Å². The van der Waals surface area contributed by atoms with Gasteiger partial charge in [0.05, 0.1) is 19.8 Å². The Morgan fingerprint density at radius 1 is 1.17 bits per heavy atom. The highest BCUT2D eigenvalue weighted by atomic mass is 19.1. The summed E-state index contributed by atoms with van der Waals surface area (Å²) in [6.07, 6.45) is 1.40. The first-order valence-electron chi connectivity index (χ1n) is 5.94. The van der Waals surface area contributed by atoms with Crippen LogP contribution in [0.25, 0.3) is 0 Å². The number of hydrogen-bond acceptors (Lipinski definition) is 3. The van der Waals surface area contributed by atoms with Crippen molar-refractivity contribution in [1.82, 2.24) is 0 Å². The largest absolute Gasteiger partial charge is 0.487 e. The van der Waals surface area contributed by atoms with Gasteiger partial charge in [-0.25, -0.2) is 8.78 Å². The molecule has 0 heterocycles. The topological polar surface area (TPSA) is 49.7 Å². The maximum absolute atomic E-state index is 13.6. The van der Waals surface area contributed by atoms with Crippen LogP contribution in [0, 0.1) is 17.6 Å². The zero-order valence-corrected chi connectivity index (χ0v) is 10.3. The van der Waals surface area contributed by atoms with Crippen LogP contribution >= 0.6 is 0 Å². The maximum atomic E-state index is 13.6. The second-order valence-electron chi connectivity index (χ2n) is 4.18. The smallest absolute Gasteiger partial charge is 0.190 e. The van der Waals surface area contributed by atoms with E-state index in [2.05, 4.69) is 0 Å². The Balaban J connectivity index is 2.77. The van der Waals surface area contributed by atoms with Crippen molar-refractivity contribution in [2.75, 3.05) is 19.8 Å². The molecule has 0 bridgehead atoms. The van der Waals surface area contributed by atoms with Crippen molar-refractivity contribution in [3.63, 3.8) is 0 Å². The zero-order valence-electron chi connectivity index (χ0n) is 10.3. The molecule has 3 nitrogen and oxygen atoms in total. The van der Waals surface area contributed by atoms with Gasteiger partial charge in [-0.1, -0.05) is 13.3 Å². The number of benzene rings is 1. The highest BCUT2D eigenvalue weighted by Crippen LogP contribution is 2.24. The second-order valence-corrected chi connectivity index (χ2v) is 4.18. The Morgan fingerprint density at radius 2 is 1.72 bits per heavy atom. The van der Waals surface area contributed by atoms with E-state index in [1.165, 1.54) is 12.1 Å². The van der Waals surface area contributed by atoms with Gasteiger partial charge in [-0.15, -0.1) is 0 Å². The predicted molar refractivity (Wildman–Crippen MR) is 63.5 cm³/mol. The Bertz CT molecular complexity index is 355. The minimum Gasteiger partial charge on any atom is -0.487 e. The molecule has 5 heteroatoms. The van der Waals surface area contributed by atoms with E-state index < -0.39 is 23.3 Å². The average Bonchev–Trinajstić information content (AvgIpc) is 2.33. The Kier molecular flexibility index (Phi) is 6.01. The SMILES string of the molecule is CCCc1cc(F)c(OCC(CO)CO)c(F)c1. The molecule has 0 saturated heterocycles.